The van der Waals surface area contributed by atoms with Crippen LogP contribution in [0.5, 0.6) is 0 Å². The molecule has 0 unspecified atom stereocenters. The predicted octanol–water partition coefficient (Wildman–Crippen LogP) is 7.46. The molecular weight excluding hydrogens is 334 g/mol. The maximum atomic E-state index is 10.3. The van der Waals surface area contributed by atoms with Crippen LogP contribution in [0.1, 0.15) is 118 Å². The van der Waals surface area contributed by atoms with Crippen molar-refractivity contribution in [1.29, 1.82) is 0 Å². The number of aliphatic carboxylic acids is 1. The van der Waals surface area contributed by atoms with Gasteiger partial charge in [0.15, 0.2) is 0 Å². The van der Waals surface area contributed by atoms with Gasteiger partial charge in [0, 0.05) is 6.42 Å². The number of carbonyl (C=O) groups is 1. The lowest BCUT2D eigenvalue weighted by Gasteiger charge is -2.13. The predicted molar refractivity (Wildman–Crippen MR) is 121 cm³/mol. The second kappa shape index (κ2) is 25.2. The van der Waals surface area contributed by atoms with Crippen LogP contribution in [0.25, 0.3) is 0 Å². The molecule has 0 aliphatic rings. The van der Waals surface area contributed by atoms with Crippen molar-refractivity contribution in [2.45, 2.75) is 118 Å². The van der Waals surface area contributed by atoms with Gasteiger partial charge in [0.05, 0.1) is 0 Å². The third-order valence-electron chi connectivity index (χ3n) is 4.99. The summed E-state index contributed by atoms with van der Waals surface area (Å²) in [4.78, 5) is 12.7. The van der Waals surface area contributed by atoms with Crippen LogP contribution in [0.4, 0.5) is 0 Å². The molecule has 0 heterocycles. The van der Waals surface area contributed by atoms with Gasteiger partial charge < -0.3 is 10.0 Å². The molecule has 0 aliphatic heterocycles. The Hall–Kier alpha value is -0.830. The molecule has 162 valence electrons. The molecule has 0 aliphatic carbocycles. The van der Waals surface area contributed by atoms with Gasteiger partial charge in [-0.15, -0.1) is 0 Å². The van der Waals surface area contributed by atoms with E-state index in [4.69, 9.17) is 5.11 Å². The zero-order valence-electron chi connectivity index (χ0n) is 19.0. The fourth-order valence-electron chi connectivity index (χ4n) is 3.02. The maximum absolute atomic E-state index is 10.3. The minimum Gasteiger partial charge on any atom is -0.481 e. The topological polar surface area (TPSA) is 40.5 Å². The molecule has 27 heavy (non-hydrogen) atoms. The highest BCUT2D eigenvalue weighted by molar-refractivity contribution is 5.66. The molecule has 0 aromatic rings. The summed E-state index contributed by atoms with van der Waals surface area (Å²) in [6.45, 7) is 12.4. The van der Waals surface area contributed by atoms with Crippen molar-refractivity contribution in [2.75, 3.05) is 19.6 Å². The highest BCUT2D eigenvalue weighted by atomic mass is 16.4. The number of carboxylic acid groups (broad SMARTS) is 1. The van der Waals surface area contributed by atoms with E-state index in [1.807, 2.05) is 0 Å². The van der Waals surface area contributed by atoms with Gasteiger partial charge in [-0.2, -0.15) is 0 Å². The lowest BCUT2D eigenvalue weighted by atomic mass is 10.1. The number of allylic oxidation sites excluding steroid dienone is 2. The number of carboxylic acids is 1. The quantitative estimate of drug-likeness (QED) is 0.197. The zero-order chi connectivity index (χ0) is 20.6. The first-order valence-corrected chi connectivity index (χ1v) is 11.7. The smallest absolute Gasteiger partial charge is 0.303 e. The Balaban J connectivity index is 0. The van der Waals surface area contributed by atoms with Crippen molar-refractivity contribution in [1.82, 2.24) is 4.90 Å². The van der Waals surface area contributed by atoms with Crippen molar-refractivity contribution in [2.24, 2.45) is 0 Å². The van der Waals surface area contributed by atoms with Crippen LogP contribution in [-0.4, -0.2) is 35.6 Å². The van der Waals surface area contributed by atoms with E-state index < -0.39 is 5.97 Å². The summed E-state index contributed by atoms with van der Waals surface area (Å²) in [6.07, 6.45) is 21.2. The van der Waals surface area contributed by atoms with E-state index in [0.29, 0.717) is 6.42 Å². The summed E-state index contributed by atoms with van der Waals surface area (Å²) in [5.41, 5.74) is 0. The Morgan fingerprint density at radius 1 is 0.667 bits per heavy atom. The van der Waals surface area contributed by atoms with Crippen LogP contribution in [-0.2, 0) is 4.79 Å². The summed E-state index contributed by atoms with van der Waals surface area (Å²) in [5.74, 6) is -0.664. The van der Waals surface area contributed by atoms with Crippen molar-refractivity contribution in [3.05, 3.63) is 12.2 Å². The van der Waals surface area contributed by atoms with Gasteiger partial charge in [0.2, 0.25) is 0 Å². The van der Waals surface area contributed by atoms with Gasteiger partial charge in [0.25, 0.3) is 0 Å². The average Bonchev–Trinajstić information content (AvgIpc) is 2.66. The van der Waals surface area contributed by atoms with Gasteiger partial charge >= 0.3 is 5.97 Å². The minimum atomic E-state index is -0.664. The second-order valence-electron chi connectivity index (χ2n) is 7.35. The van der Waals surface area contributed by atoms with E-state index >= 15 is 0 Å². The summed E-state index contributed by atoms with van der Waals surface area (Å²) >= 11 is 0. The van der Waals surface area contributed by atoms with Crippen molar-refractivity contribution in [3.63, 3.8) is 0 Å². The number of hydrogen-bond donors (Lipinski definition) is 1. The largest absolute Gasteiger partial charge is 0.481 e. The van der Waals surface area contributed by atoms with Gasteiger partial charge in [0.1, 0.15) is 0 Å². The number of unbranched alkanes of at least 4 members (excludes halogenated alkanes) is 11. The first kappa shape index (κ1) is 28.4. The van der Waals surface area contributed by atoms with E-state index in [2.05, 4.69) is 44.7 Å². The Kier molecular flexibility index (Phi) is 26.5. The monoisotopic (exact) mass is 383 g/mol. The molecule has 0 saturated heterocycles. The SMILES string of the molecule is CCCCCCCC/C=C/CCCCCCCC(=O)O.CCN(CC)CC. The van der Waals surface area contributed by atoms with Crippen LogP contribution < -0.4 is 0 Å². The first-order chi connectivity index (χ1) is 13.1. The molecule has 0 amide bonds. The third kappa shape index (κ3) is 27.5. The van der Waals surface area contributed by atoms with Crippen molar-refractivity contribution < 1.29 is 9.90 Å². The zero-order valence-corrected chi connectivity index (χ0v) is 19.0. The molecule has 1 N–H and O–H groups in total. The molecular formula is C24H49NO2. The molecule has 0 aromatic heterocycles. The molecule has 0 atom stereocenters. The molecule has 0 saturated carbocycles. The number of hydrogen-bond acceptors (Lipinski definition) is 2. The van der Waals surface area contributed by atoms with Crippen molar-refractivity contribution in [3.8, 4) is 0 Å². The minimum absolute atomic E-state index is 0.332. The molecule has 0 fully saturated rings. The van der Waals surface area contributed by atoms with E-state index in [0.717, 1.165) is 12.8 Å². The summed E-state index contributed by atoms with van der Waals surface area (Å²) in [6, 6.07) is 0. The van der Waals surface area contributed by atoms with E-state index in [9.17, 15) is 4.79 Å². The molecule has 0 aromatic carbocycles. The summed E-state index contributed by atoms with van der Waals surface area (Å²) in [5, 5.41) is 8.51. The fourth-order valence-corrected chi connectivity index (χ4v) is 3.02. The van der Waals surface area contributed by atoms with Crippen LogP contribution in [0.2, 0.25) is 0 Å². The van der Waals surface area contributed by atoms with E-state index in [-0.39, 0.29) is 0 Å². The van der Waals surface area contributed by atoms with Crippen LogP contribution in [0, 0.1) is 0 Å². The Morgan fingerprint density at radius 2 is 1.07 bits per heavy atom. The molecule has 0 spiro atoms. The lowest BCUT2D eigenvalue weighted by molar-refractivity contribution is -0.137. The van der Waals surface area contributed by atoms with E-state index in [1.165, 1.54) is 90.3 Å². The standard InChI is InChI=1S/C18H34O2.C6H15N/c1-2-3-4-5-6-7-8-9-10-11-12-13-14-15-16-17-18(19)20;1-4-7(5-2)6-3/h9-10H,2-8,11-17H2,1H3,(H,19,20);4-6H2,1-3H3/b10-9+;. The van der Waals surface area contributed by atoms with Crippen LogP contribution >= 0.6 is 0 Å². The summed E-state index contributed by atoms with van der Waals surface area (Å²) < 4.78 is 0. The molecule has 3 nitrogen and oxygen atoms in total. The Morgan fingerprint density at radius 3 is 1.44 bits per heavy atom. The second-order valence-corrected chi connectivity index (χ2v) is 7.35. The Bertz CT molecular complexity index is 306. The normalized spacial score (nSPS) is 11.0. The molecule has 0 bridgehead atoms. The average molecular weight is 384 g/mol. The van der Waals surface area contributed by atoms with Gasteiger partial charge in [-0.1, -0.05) is 91.2 Å². The van der Waals surface area contributed by atoms with E-state index in [1.54, 1.807) is 0 Å². The lowest BCUT2D eigenvalue weighted by Crippen LogP contribution is -2.21. The molecule has 3 heteroatoms. The van der Waals surface area contributed by atoms with Gasteiger partial charge in [-0.05, 0) is 51.7 Å². The number of nitrogens with zero attached hydrogens (tertiary/aromatic N) is 1. The highest BCUT2D eigenvalue weighted by Crippen LogP contribution is 2.09. The first-order valence-electron chi connectivity index (χ1n) is 11.7. The van der Waals surface area contributed by atoms with Gasteiger partial charge in [-0.3, -0.25) is 4.79 Å². The maximum Gasteiger partial charge on any atom is 0.303 e. The summed E-state index contributed by atoms with van der Waals surface area (Å²) in [7, 11) is 0. The number of rotatable bonds is 18. The highest BCUT2D eigenvalue weighted by Gasteiger charge is 1.95. The Labute approximate surface area is 170 Å². The molecule has 0 rings (SSSR count). The van der Waals surface area contributed by atoms with Gasteiger partial charge in [-0.25, -0.2) is 0 Å². The van der Waals surface area contributed by atoms with Crippen LogP contribution in [0.3, 0.4) is 0 Å². The van der Waals surface area contributed by atoms with Crippen molar-refractivity contribution >= 4 is 5.97 Å². The molecule has 0 radical (unpaired) electrons. The fraction of sp³-hybridized carbons (Fsp3) is 0.875. The van der Waals surface area contributed by atoms with Crippen LogP contribution in [0.15, 0.2) is 12.2 Å². The third-order valence-corrected chi connectivity index (χ3v) is 4.99.